The van der Waals surface area contributed by atoms with Gasteiger partial charge in [-0.2, -0.15) is 0 Å². The molecule has 114 valence electrons. The lowest BCUT2D eigenvalue weighted by Gasteiger charge is -2.15. The first kappa shape index (κ1) is 17.3. The molecular formula is C16H26BrNO2. The SMILES string of the molecule is CCCCCCOc1c(Br)cc(CNC)cc1OCC. The summed E-state index contributed by atoms with van der Waals surface area (Å²) >= 11 is 3.59. The summed E-state index contributed by atoms with van der Waals surface area (Å²) in [5.41, 5.74) is 1.18. The van der Waals surface area contributed by atoms with Gasteiger partial charge in [0.15, 0.2) is 11.5 Å². The van der Waals surface area contributed by atoms with E-state index in [-0.39, 0.29) is 0 Å². The van der Waals surface area contributed by atoms with Crippen LogP contribution in [0.3, 0.4) is 0 Å². The van der Waals surface area contributed by atoms with Crippen molar-refractivity contribution in [1.82, 2.24) is 5.32 Å². The lowest BCUT2D eigenvalue weighted by Crippen LogP contribution is -2.07. The van der Waals surface area contributed by atoms with Crippen LogP contribution in [0, 0.1) is 0 Å². The molecule has 1 aromatic rings. The molecule has 0 aromatic heterocycles. The summed E-state index contributed by atoms with van der Waals surface area (Å²) in [5.74, 6) is 1.64. The Morgan fingerprint density at radius 2 is 1.90 bits per heavy atom. The van der Waals surface area contributed by atoms with Crippen LogP contribution in [0.1, 0.15) is 45.1 Å². The molecule has 0 aliphatic heterocycles. The van der Waals surface area contributed by atoms with Crippen molar-refractivity contribution in [1.29, 1.82) is 0 Å². The third-order valence-electron chi connectivity index (χ3n) is 2.99. The molecule has 0 aliphatic rings. The lowest BCUT2D eigenvalue weighted by molar-refractivity contribution is 0.268. The van der Waals surface area contributed by atoms with Crippen molar-refractivity contribution >= 4 is 15.9 Å². The number of rotatable bonds is 10. The normalized spacial score (nSPS) is 10.6. The highest BCUT2D eigenvalue weighted by atomic mass is 79.9. The van der Waals surface area contributed by atoms with E-state index >= 15 is 0 Å². The molecule has 3 nitrogen and oxygen atoms in total. The molecule has 1 aromatic carbocycles. The quantitative estimate of drug-likeness (QED) is 0.633. The van der Waals surface area contributed by atoms with Gasteiger partial charge >= 0.3 is 0 Å². The van der Waals surface area contributed by atoms with Gasteiger partial charge in [0.05, 0.1) is 17.7 Å². The van der Waals surface area contributed by atoms with Crippen molar-refractivity contribution < 1.29 is 9.47 Å². The zero-order chi connectivity index (χ0) is 14.8. The highest BCUT2D eigenvalue weighted by molar-refractivity contribution is 9.10. The van der Waals surface area contributed by atoms with Crippen molar-refractivity contribution in [2.24, 2.45) is 0 Å². The number of hydrogen-bond acceptors (Lipinski definition) is 3. The van der Waals surface area contributed by atoms with Crippen LogP contribution in [0.25, 0.3) is 0 Å². The molecule has 1 rings (SSSR count). The van der Waals surface area contributed by atoms with Gasteiger partial charge in [0, 0.05) is 6.54 Å². The van der Waals surface area contributed by atoms with Crippen molar-refractivity contribution in [3.63, 3.8) is 0 Å². The molecule has 0 radical (unpaired) electrons. The Kier molecular flexibility index (Phi) is 8.70. The smallest absolute Gasteiger partial charge is 0.175 e. The molecule has 0 atom stereocenters. The second-order valence-electron chi connectivity index (χ2n) is 4.78. The molecule has 1 N–H and O–H groups in total. The van der Waals surface area contributed by atoms with Gasteiger partial charge in [-0.05, 0) is 54.0 Å². The number of hydrogen-bond donors (Lipinski definition) is 1. The Labute approximate surface area is 131 Å². The monoisotopic (exact) mass is 343 g/mol. The van der Waals surface area contributed by atoms with Gasteiger partial charge < -0.3 is 14.8 Å². The number of benzene rings is 1. The van der Waals surface area contributed by atoms with Gasteiger partial charge in [-0.1, -0.05) is 26.2 Å². The Balaban J connectivity index is 2.71. The van der Waals surface area contributed by atoms with Gasteiger partial charge in [-0.15, -0.1) is 0 Å². The first-order valence-corrected chi connectivity index (χ1v) is 8.24. The summed E-state index contributed by atoms with van der Waals surface area (Å²) in [7, 11) is 1.94. The van der Waals surface area contributed by atoms with E-state index in [9.17, 15) is 0 Å². The van der Waals surface area contributed by atoms with E-state index in [4.69, 9.17) is 9.47 Å². The Morgan fingerprint density at radius 3 is 2.55 bits per heavy atom. The minimum absolute atomic E-state index is 0.641. The molecular weight excluding hydrogens is 318 g/mol. The summed E-state index contributed by atoms with van der Waals surface area (Å²) < 4.78 is 12.6. The summed E-state index contributed by atoms with van der Waals surface area (Å²) in [4.78, 5) is 0. The summed E-state index contributed by atoms with van der Waals surface area (Å²) in [6, 6.07) is 4.13. The molecule has 0 saturated carbocycles. The fourth-order valence-electron chi connectivity index (χ4n) is 2.03. The number of ether oxygens (including phenoxy) is 2. The van der Waals surface area contributed by atoms with Crippen LogP contribution in [0.4, 0.5) is 0 Å². The largest absolute Gasteiger partial charge is 0.490 e. The summed E-state index contributed by atoms with van der Waals surface area (Å²) in [6.45, 7) is 6.40. The molecule has 4 heteroatoms. The average Bonchev–Trinajstić information content (AvgIpc) is 2.42. The Hall–Kier alpha value is -0.740. The molecule has 0 aliphatic carbocycles. The van der Waals surface area contributed by atoms with Crippen LogP contribution >= 0.6 is 15.9 Å². The van der Waals surface area contributed by atoms with E-state index < -0.39 is 0 Å². The fraction of sp³-hybridized carbons (Fsp3) is 0.625. The zero-order valence-electron chi connectivity index (χ0n) is 12.8. The molecule has 20 heavy (non-hydrogen) atoms. The lowest BCUT2D eigenvalue weighted by atomic mass is 10.2. The van der Waals surface area contributed by atoms with Crippen molar-refractivity contribution in [2.75, 3.05) is 20.3 Å². The molecule has 0 unspecified atom stereocenters. The van der Waals surface area contributed by atoms with E-state index in [0.29, 0.717) is 6.61 Å². The molecule has 0 heterocycles. The number of halogens is 1. The zero-order valence-corrected chi connectivity index (χ0v) is 14.4. The van der Waals surface area contributed by atoms with E-state index in [0.717, 1.165) is 35.5 Å². The average molecular weight is 344 g/mol. The maximum absolute atomic E-state index is 5.91. The topological polar surface area (TPSA) is 30.5 Å². The van der Waals surface area contributed by atoms with Crippen LogP contribution in [0.2, 0.25) is 0 Å². The van der Waals surface area contributed by atoms with E-state index in [1.165, 1.54) is 24.8 Å². The Bertz CT molecular complexity index is 396. The second-order valence-corrected chi connectivity index (χ2v) is 5.63. The van der Waals surface area contributed by atoms with E-state index in [1.807, 2.05) is 20.0 Å². The highest BCUT2D eigenvalue weighted by Gasteiger charge is 2.12. The fourth-order valence-corrected chi connectivity index (χ4v) is 2.64. The molecule has 0 fully saturated rings. The third-order valence-corrected chi connectivity index (χ3v) is 3.58. The molecule has 0 amide bonds. The maximum Gasteiger partial charge on any atom is 0.175 e. The first-order valence-electron chi connectivity index (χ1n) is 7.45. The van der Waals surface area contributed by atoms with Crippen molar-refractivity contribution in [3.8, 4) is 11.5 Å². The van der Waals surface area contributed by atoms with Crippen LogP contribution in [0.5, 0.6) is 11.5 Å². The third kappa shape index (κ3) is 5.71. The van der Waals surface area contributed by atoms with E-state index in [2.05, 4.69) is 34.2 Å². The van der Waals surface area contributed by atoms with Gasteiger partial charge in [-0.3, -0.25) is 0 Å². The van der Waals surface area contributed by atoms with Crippen molar-refractivity contribution in [3.05, 3.63) is 22.2 Å². The van der Waals surface area contributed by atoms with Crippen molar-refractivity contribution in [2.45, 2.75) is 46.1 Å². The maximum atomic E-state index is 5.91. The summed E-state index contributed by atoms with van der Waals surface area (Å²) in [5, 5.41) is 3.15. The van der Waals surface area contributed by atoms with E-state index in [1.54, 1.807) is 0 Å². The number of nitrogens with one attached hydrogen (secondary N) is 1. The van der Waals surface area contributed by atoms with Gasteiger partial charge in [-0.25, -0.2) is 0 Å². The molecule has 0 spiro atoms. The second kappa shape index (κ2) is 10.1. The molecule has 0 bridgehead atoms. The van der Waals surface area contributed by atoms with Crippen LogP contribution in [0.15, 0.2) is 16.6 Å². The van der Waals surface area contributed by atoms with Crippen LogP contribution in [-0.4, -0.2) is 20.3 Å². The van der Waals surface area contributed by atoms with Gasteiger partial charge in [0.25, 0.3) is 0 Å². The first-order chi connectivity index (χ1) is 9.72. The van der Waals surface area contributed by atoms with Crippen LogP contribution in [-0.2, 0) is 6.54 Å². The standard InChI is InChI=1S/C16H26BrNO2/c1-4-6-7-8-9-20-16-14(17)10-13(12-18-3)11-15(16)19-5-2/h10-11,18H,4-9,12H2,1-3H3. The minimum Gasteiger partial charge on any atom is -0.490 e. The predicted molar refractivity (Wildman–Crippen MR) is 87.7 cm³/mol. The van der Waals surface area contributed by atoms with Crippen LogP contribution < -0.4 is 14.8 Å². The predicted octanol–water partition coefficient (Wildman–Crippen LogP) is 4.53. The summed E-state index contributed by atoms with van der Waals surface area (Å²) in [6.07, 6.45) is 4.82. The van der Waals surface area contributed by atoms with Gasteiger partial charge in [0.2, 0.25) is 0 Å². The Morgan fingerprint density at radius 1 is 1.10 bits per heavy atom. The number of unbranched alkanes of at least 4 members (excludes halogenated alkanes) is 3. The minimum atomic E-state index is 0.641. The molecule has 0 saturated heterocycles. The van der Waals surface area contributed by atoms with Gasteiger partial charge in [0.1, 0.15) is 0 Å². The highest BCUT2D eigenvalue weighted by Crippen LogP contribution is 2.37.